The van der Waals surface area contributed by atoms with Gasteiger partial charge in [-0.05, 0) is 42.4 Å². The Morgan fingerprint density at radius 3 is 2.19 bits per heavy atom. The Morgan fingerprint density at radius 2 is 1.58 bits per heavy atom. The summed E-state index contributed by atoms with van der Waals surface area (Å²) in [5.41, 5.74) is 4.69. The lowest BCUT2D eigenvalue weighted by Crippen LogP contribution is -2.18. The monoisotopic (exact) mass is 454 g/mol. The van der Waals surface area contributed by atoms with Crippen molar-refractivity contribution < 1.29 is 4.39 Å². The Kier molecular flexibility index (Phi) is 6.29. The van der Waals surface area contributed by atoms with E-state index < -0.39 is 0 Å². The van der Waals surface area contributed by atoms with Crippen molar-refractivity contribution in [2.75, 3.05) is 10.6 Å². The van der Waals surface area contributed by atoms with Gasteiger partial charge in [0.1, 0.15) is 5.82 Å². The molecule has 0 bridgehead atoms. The predicted molar refractivity (Wildman–Crippen MR) is 125 cm³/mol. The van der Waals surface area contributed by atoms with Gasteiger partial charge in [-0.1, -0.05) is 47.5 Å². The molecule has 0 aliphatic heterocycles. The fourth-order valence-corrected chi connectivity index (χ4v) is 3.49. The molecule has 6 nitrogen and oxygen atoms in total. The number of rotatable bonds is 6. The van der Waals surface area contributed by atoms with Gasteiger partial charge in [0, 0.05) is 17.4 Å². The third kappa shape index (κ3) is 5.68. The molecule has 31 heavy (non-hydrogen) atoms. The molecule has 0 radical (unpaired) electrons. The van der Waals surface area contributed by atoms with E-state index >= 15 is 0 Å². The van der Waals surface area contributed by atoms with Crippen LogP contribution >= 0.6 is 23.8 Å². The van der Waals surface area contributed by atoms with Crippen molar-refractivity contribution in [2.45, 2.75) is 20.0 Å². The lowest BCUT2D eigenvalue weighted by molar-refractivity contribution is 0.624. The molecular weight excluding hydrogens is 435 g/mol. The molecule has 0 unspecified atom stereocenters. The highest BCUT2D eigenvalue weighted by molar-refractivity contribution is 7.80. The number of nitrogens with zero attached hydrogens (tertiary/aromatic N) is 4. The maximum Gasteiger partial charge on any atom is 0.175 e. The van der Waals surface area contributed by atoms with Crippen LogP contribution in [0.25, 0.3) is 0 Å². The average Bonchev–Trinajstić information content (AvgIpc) is 3.35. The third-order valence-electron chi connectivity index (χ3n) is 4.59. The zero-order valence-corrected chi connectivity index (χ0v) is 18.3. The molecule has 4 aromatic rings. The zero-order valence-electron chi connectivity index (χ0n) is 16.7. The predicted octanol–water partition coefficient (Wildman–Crippen LogP) is 5.09. The molecule has 4 rings (SSSR count). The minimum atomic E-state index is -0.366. The summed E-state index contributed by atoms with van der Waals surface area (Å²) in [6.45, 7) is 3.17. The van der Waals surface area contributed by atoms with Crippen LogP contribution < -0.4 is 10.6 Å². The molecule has 0 atom stereocenters. The fourth-order valence-electron chi connectivity index (χ4n) is 3.03. The van der Waals surface area contributed by atoms with E-state index in [4.69, 9.17) is 23.8 Å². The van der Waals surface area contributed by atoms with E-state index in [2.05, 4.69) is 52.0 Å². The normalized spacial score (nSPS) is 10.8. The van der Waals surface area contributed by atoms with Crippen LogP contribution in [0.15, 0.2) is 67.3 Å². The molecule has 2 N–H and O–H groups in total. The van der Waals surface area contributed by atoms with Crippen LogP contribution in [0.2, 0.25) is 5.02 Å². The molecule has 0 saturated heterocycles. The minimum absolute atomic E-state index is 0.366. The van der Waals surface area contributed by atoms with Crippen molar-refractivity contribution in [3.8, 4) is 0 Å². The number of aryl methyl sites for hydroxylation is 1. The first kappa shape index (κ1) is 21.0. The molecule has 0 aliphatic rings. The van der Waals surface area contributed by atoms with Gasteiger partial charge in [-0.3, -0.25) is 9.36 Å². The summed E-state index contributed by atoms with van der Waals surface area (Å²) >= 11 is 11.5. The van der Waals surface area contributed by atoms with E-state index in [1.807, 2.05) is 10.9 Å². The highest BCUT2D eigenvalue weighted by Gasteiger charge is 2.07. The Morgan fingerprint density at radius 1 is 0.968 bits per heavy atom. The standard InChI is InChI=1S/C22H20ClFN6S/c1-15-2-4-16(5-3-15)11-29-13-19(9-25-29)27-22(31)28-20-10-26-30(14-20)12-17-6-7-18(24)8-21(17)23/h2-10,13-14H,11-12H2,1H3,(H2,27,28,31). The second-order valence-corrected chi connectivity index (χ2v) is 7.97. The van der Waals surface area contributed by atoms with Gasteiger partial charge in [0.2, 0.25) is 0 Å². The van der Waals surface area contributed by atoms with Crippen molar-refractivity contribution in [1.29, 1.82) is 0 Å². The number of benzene rings is 2. The summed E-state index contributed by atoms with van der Waals surface area (Å²) < 4.78 is 16.7. The maximum absolute atomic E-state index is 13.2. The number of aromatic nitrogens is 4. The highest BCUT2D eigenvalue weighted by atomic mass is 35.5. The quantitative estimate of drug-likeness (QED) is 0.397. The van der Waals surface area contributed by atoms with E-state index in [1.165, 1.54) is 23.3 Å². The first-order chi connectivity index (χ1) is 14.9. The van der Waals surface area contributed by atoms with Crippen LogP contribution in [0.4, 0.5) is 15.8 Å². The Hall–Kier alpha value is -3.23. The number of thiocarbonyl (C=S) groups is 1. The van der Waals surface area contributed by atoms with Gasteiger partial charge in [0.15, 0.2) is 5.11 Å². The van der Waals surface area contributed by atoms with Crippen LogP contribution in [0.3, 0.4) is 0 Å². The summed E-state index contributed by atoms with van der Waals surface area (Å²) in [5, 5.41) is 15.7. The lowest BCUT2D eigenvalue weighted by atomic mass is 10.1. The largest absolute Gasteiger partial charge is 0.330 e. The molecule has 0 saturated carbocycles. The summed E-state index contributed by atoms with van der Waals surface area (Å²) in [4.78, 5) is 0. The Bertz CT molecular complexity index is 1200. The van der Waals surface area contributed by atoms with Gasteiger partial charge in [-0.25, -0.2) is 4.39 Å². The molecule has 2 aromatic carbocycles. The van der Waals surface area contributed by atoms with Crippen LogP contribution in [0.5, 0.6) is 0 Å². The number of hydrogen-bond acceptors (Lipinski definition) is 3. The van der Waals surface area contributed by atoms with E-state index in [1.54, 1.807) is 29.3 Å². The fraction of sp³-hybridized carbons (Fsp3) is 0.136. The van der Waals surface area contributed by atoms with Crippen molar-refractivity contribution in [3.05, 3.63) is 94.8 Å². The highest BCUT2D eigenvalue weighted by Crippen LogP contribution is 2.19. The molecule has 0 aliphatic carbocycles. The summed E-state index contributed by atoms with van der Waals surface area (Å²) in [6, 6.07) is 12.7. The second-order valence-electron chi connectivity index (χ2n) is 7.15. The van der Waals surface area contributed by atoms with Gasteiger partial charge in [0.25, 0.3) is 0 Å². The Balaban J connectivity index is 1.32. The first-order valence-electron chi connectivity index (χ1n) is 9.57. The van der Waals surface area contributed by atoms with E-state index in [0.29, 0.717) is 23.2 Å². The summed E-state index contributed by atoms with van der Waals surface area (Å²) in [6.07, 6.45) is 7.08. The maximum atomic E-state index is 13.2. The third-order valence-corrected chi connectivity index (χ3v) is 5.15. The average molecular weight is 455 g/mol. The number of halogens is 2. The van der Waals surface area contributed by atoms with Crippen molar-refractivity contribution in [2.24, 2.45) is 0 Å². The van der Waals surface area contributed by atoms with Gasteiger partial charge in [-0.2, -0.15) is 10.2 Å². The van der Waals surface area contributed by atoms with Crippen LogP contribution in [-0.4, -0.2) is 24.7 Å². The SMILES string of the molecule is Cc1ccc(Cn2cc(NC(=S)Nc3cnn(Cc4ccc(F)cc4Cl)c3)cn2)cc1. The molecular formula is C22H20ClFN6S. The first-order valence-corrected chi connectivity index (χ1v) is 10.4. The van der Waals surface area contributed by atoms with Crippen LogP contribution in [-0.2, 0) is 13.1 Å². The molecule has 2 aromatic heterocycles. The number of hydrogen-bond donors (Lipinski definition) is 2. The van der Waals surface area contributed by atoms with Gasteiger partial charge in [0.05, 0.1) is 36.9 Å². The van der Waals surface area contributed by atoms with Crippen molar-refractivity contribution >= 4 is 40.3 Å². The molecule has 0 amide bonds. The van der Waals surface area contributed by atoms with Gasteiger partial charge >= 0.3 is 0 Å². The van der Waals surface area contributed by atoms with Gasteiger partial charge < -0.3 is 10.6 Å². The zero-order chi connectivity index (χ0) is 21.8. The molecule has 0 fully saturated rings. The summed E-state index contributed by atoms with van der Waals surface area (Å²) in [5.74, 6) is -0.366. The van der Waals surface area contributed by atoms with E-state index in [0.717, 1.165) is 16.9 Å². The van der Waals surface area contributed by atoms with Crippen LogP contribution in [0.1, 0.15) is 16.7 Å². The smallest absolute Gasteiger partial charge is 0.175 e. The van der Waals surface area contributed by atoms with E-state index in [9.17, 15) is 4.39 Å². The molecule has 0 spiro atoms. The number of nitrogens with one attached hydrogen (secondary N) is 2. The van der Waals surface area contributed by atoms with Crippen molar-refractivity contribution in [3.63, 3.8) is 0 Å². The van der Waals surface area contributed by atoms with Gasteiger partial charge in [-0.15, -0.1) is 0 Å². The molecule has 9 heteroatoms. The topological polar surface area (TPSA) is 59.7 Å². The molecule has 2 heterocycles. The van der Waals surface area contributed by atoms with Crippen LogP contribution in [0, 0.1) is 12.7 Å². The lowest BCUT2D eigenvalue weighted by Gasteiger charge is -2.07. The van der Waals surface area contributed by atoms with Crippen molar-refractivity contribution in [1.82, 2.24) is 19.6 Å². The number of anilines is 2. The van der Waals surface area contributed by atoms with E-state index in [-0.39, 0.29) is 5.82 Å². The summed E-state index contributed by atoms with van der Waals surface area (Å²) in [7, 11) is 0. The Labute approximate surface area is 189 Å². The second kappa shape index (κ2) is 9.28. The molecule has 158 valence electrons. The minimum Gasteiger partial charge on any atom is -0.330 e.